The van der Waals surface area contributed by atoms with E-state index in [9.17, 15) is 18.0 Å². The molecule has 1 aromatic heterocycles. The summed E-state index contributed by atoms with van der Waals surface area (Å²) in [6, 6.07) is 0. The van der Waals surface area contributed by atoms with Gasteiger partial charge in [0.2, 0.25) is 0 Å². The number of rotatable bonds is 3. The molecule has 0 aliphatic heterocycles. The Hall–Kier alpha value is -1.73. The molecule has 0 aromatic carbocycles. The summed E-state index contributed by atoms with van der Waals surface area (Å²) in [5.74, 6) is -1.24. The molecule has 0 aliphatic carbocycles. The van der Waals surface area contributed by atoms with E-state index in [1.165, 1.54) is 7.05 Å². The van der Waals surface area contributed by atoms with Crippen molar-refractivity contribution in [1.29, 1.82) is 0 Å². The molecule has 1 rings (SSSR count). The van der Waals surface area contributed by atoms with Gasteiger partial charge in [-0.25, -0.2) is 0 Å². The fraction of sp³-hybridized carbons (Fsp3) is 0.429. The second-order valence-corrected chi connectivity index (χ2v) is 2.81. The van der Waals surface area contributed by atoms with Gasteiger partial charge in [-0.3, -0.25) is 9.48 Å². The van der Waals surface area contributed by atoms with E-state index in [4.69, 9.17) is 5.11 Å². The van der Waals surface area contributed by atoms with Crippen molar-refractivity contribution in [2.24, 2.45) is 7.05 Å². The predicted molar refractivity (Wildman–Crippen MR) is 44.3 cm³/mol. The van der Waals surface area contributed by atoms with E-state index in [-0.39, 0.29) is 5.69 Å². The average Bonchev–Trinajstić information content (AvgIpc) is 2.42. The largest absolute Gasteiger partial charge is 0.480 e. The van der Waals surface area contributed by atoms with E-state index >= 15 is 0 Å². The van der Waals surface area contributed by atoms with Crippen LogP contribution >= 0.6 is 0 Å². The number of hydrogen-bond donors (Lipinski definition) is 2. The van der Waals surface area contributed by atoms with Crippen molar-refractivity contribution in [2.75, 3.05) is 11.9 Å². The van der Waals surface area contributed by atoms with E-state index in [1.54, 1.807) is 0 Å². The van der Waals surface area contributed by atoms with Crippen molar-refractivity contribution in [2.45, 2.75) is 6.18 Å². The summed E-state index contributed by atoms with van der Waals surface area (Å²) in [5, 5.41) is 13.6. The second kappa shape index (κ2) is 3.79. The Morgan fingerprint density at radius 2 is 2.27 bits per heavy atom. The zero-order chi connectivity index (χ0) is 11.6. The van der Waals surface area contributed by atoms with E-state index in [1.807, 2.05) is 0 Å². The summed E-state index contributed by atoms with van der Waals surface area (Å²) in [4.78, 5) is 10.2. The summed E-state index contributed by atoms with van der Waals surface area (Å²) in [6.45, 7) is -0.589. The van der Waals surface area contributed by atoms with E-state index in [0.29, 0.717) is 0 Å². The first kappa shape index (κ1) is 11.3. The number of aliphatic carboxylic acids is 1. The maximum absolute atomic E-state index is 12.3. The third kappa shape index (κ3) is 2.86. The van der Waals surface area contributed by atoms with Gasteiger partial charge in [-0.1, -0.05) is 0 Å². The van der Waals surface area contributed by atoms with Gasteiger partial charge in [0, 0.05) is 13.2 Å². The number of aromatic nitrogens is 2. The summed E-state index contributed by atoms with van der Waals surface area (Å²) >= 11 is 0. The van der Waals surface area contributed by atoms with Gasteiger partial charge >= 0.3 is 12.1 Å². The van der Waals surface area contributed by atoms with Crippen LogP contribution in [0.3, 0.4) is 0 Å². The maximum Gasteiger partial charge on any atom is 0.437 e. The van der Waals surface area contributed by atoms with Crippen molar-refractivity contribution in [3.63, 3.8) is 0 Å². The molecule has 0 atom stereocenters. The molecule has 0 saturated carbocycles. The third-order valence-corrected chi connectivity index (χ3v) is 1.53. The molecule has 0 bridgehead atoms. The van der Waals surface area contributed by atoms with Crippen LogP contribution in [0.1, 0.15) is 5.69 Å². The van der Waals surface area contributed by atoms with Crippen LogP contribution in [0.5, 0.6) is 0 Å². The minimum Gasteiger partial charge on any atom is -0.480 e. The molecule has 0 radical (unpaired) electrons. The number of carboxylic acid groups (broad SMARTS) is 1. The standard InChI is InChI=1S/C7H8F3N3O2/c1-13-3-4(11-2-5(14)15)6(12-13)7(8,9)10/h3,11H,2H2,1H3,(H,14,15). The number of anilines is 1. The number of aryl methyl sites for hydroxylation is 1. The van der Waals surface area contributed by atoms with Crippen molar-refractivity contribution >= 4 is 11.7 Å². The fourth-order valence-electron chi connectivity index (χ4n) is 0.998. The van der Waals surface area contributed by atoms with E-state index < -0.39 is 24.4 Å². The summed E-state index contributed by atoms with van der Waals surface area (Å²) in [5.41, 5.74) is -1.46. The Morgan fingerprint density at radius 3 is 2.73 bits per heavy atom. The first-order valence-corrected chi connectivity index (χ1v) is 3.87. The highest BCUT2D eigenvalue weighted by Crippen LogP contribution is 2.33. The molecule has 84 valence electrons. The lowest BCUT2D eigenvalue weighted by Crippen LogP contribution is -2.15. The van der Waals surface area contributed by atoms with Crippen molar-refractivity contribution in [3.05, 3.63) is 11.9 Å². The lowest BCUT2D eigenvalue weighted by atomic mass is 10.3. The maximum atomic E-state index is 12.3. The lowest BCUT2D eigenvalue weighted by Gasteiger charge is -2.06. The molecule has 0 saturated heterocycles. The van der Waals surface area contributed by atoms with Gasteiger partial charge in [0.1, 0.15) is 6.54 Å². The van der Waals surface area contributed by atoms with Crippen LogP contribution in [0.2, 0.25) is 0 Å². The van der Waals surface area contributed by atoms with Gasteiger partial charge < -0.3 is 10.4 Å². The number of halogens is 3. The summed E-state index contributed by atoms with van der Waals surface area (Å²) in [7, 11) is 1.32. The van der Waals surface area contributed by atoms with Crippen LogP contribution < -0.4 is 5.32 Å². The van der Waals surface area contributed by atoms with Gasteiger partial charge in [0.25, 0.3) is 0 Å². The average molecular weight is 223 g/mol. The molecule has 0 spiro atoms. The minimum atomic E-state index is -4.60. The van der Waals surface area contributed by atoms with Gasteiger partial charge in [0.05, 0.1) is 5.69 Å². The molecular formula is C7H8F3N3O2. The molecular weight excluding hydrogens is 215 g/mol. The second-order valence-electron chi connectivity index (χ2n) is 2.81. The number of nitrogens with one attached hydrogen (secondary N) is 1. The molecule has 0 amide bonds. The highest BCUT2D eigenvalue weighted by atomic mass is 19.4. The monoisotopic (exact) mass is 223 g/mol. The van der Waals surface area contributed by atoms with Gasteiger partial charge in [-0.05, 0) is 0 Å². The number of carbonyl (C=O) groups is 1. The van der Waals surface area contributed by atoms with E-state index in [0.717, 1.165) is 10.9 Å². The zero-order valence-corrected chi connectivity index (χ0v) is 7.67. The van der Waals surface area contributed by atoms with Crippen molar-refractivity contribution < 1.29 is 23.1 Å². The summed E-state index contributed by atoms with van der Waals surface area (Å²) in [6.07, 6.45) is -3.52. The van der Waals surface area contributed by atoms with Gasteiger partial charge in [-0.15, -0.1) is 0 Å². The molecule has 1 aromatic rings. The molecule has 0 fully saturated rings. The molecule has 5 nitrogen and oxygen atoms in total. The number of carboxylic acids is 1. The molecule has 0 unspecified atom stereocenters. The van der Waals surface area contributed by atoms with Crippen molar-refractivity contribution in [1.82, 2.24) is 9.78 Å². The molecule has 2 N–H and O–H groups in total. The van der Waals surface area contributed by atoms with Crippen molar-refractivity contribution in [3.8, 4) is 0 Å². The lowest BCUT2D eigenvalue weighted by molar-refractivity contribution is -0.141. The molecule has 0 aliphatic rings. The highest BCUT2D eigenvalue weighted by molar-refractivity contribution is 5.73. The molecule has 8 heteroatoms. The summed E-state index contributed by atoms with van der Waals surface area (Å²) < 4.78 is 37.9. The Labute approximate surface area is 82.5 Å². The quantitative estimate of drug-likeness (QED) is 0.800. The Bertz CT molecular complexity index is 372. The predicted octanol–water partition coefficient (Wildman–Crippen LogP) is 0.935. The Kier molecular flexibility index (Phi) is 2.87. The zero-order valence-electron chi connectivity index (χ0n) is 7.67. The van der Waals surface area contributed by atoms with Crippen LogP contribution in [-0.4, -0.2) is 27.4 Å². The number of hydrogen-bond acceptors (Lipinski definition) is 3. The van der Waals surface area contributed by atoms with Crippen LogP contribution in [0, 0.1) is 0 Å². The van der Waals surface area contributed by atoms with Crippen LogP contribution in [0.15, 0.2) is 6.20 Å². The van der Waals surface area contributed by atoms with Gasteiger partial charge in [-0.2, -0.15) is 18.3 Å². The highest BCUT2D eigenvalue weighted by Gasteiger charge is 2.37. The first-order chi connectivity index (χ1) is 6.80. The molecule has 15 heavy (non-hydrogen) atoms. The van der Waals surface area contributed by atoms with E-state index in [2.05, 4.69) is 10.4 Å². The van der Waals surface area contributed by atoms with Crippen LogP contribution in [-0.2, 0) is 18.0 Å². The smallest absolute Gasteiger partial charge is 0.437 e. The Balaban J connectivity index is 2.91. The third-order valence-electron chi connectivity index (χ3n) is 1.53. The topological polar surface area (TPSA) is 67.2 Å². The molecule has 1 heterocycles. The minimum absolute atomic E-state index is 0.340. The normalized spacial score (nSPS) is 11.5. The van der Waals surface area contributed by atoms with Crippen LogP contribution in [0.4, 0.5) is 18.9 Å². The van der Waals surface area contributed by atoms with Gasteiger partial charge in [0.15, 0.2) is 5.69 Å². The number of nitrogens with zero attached hydrogens (tertiary/aromatic N) is 2. The number of alkyl halides is 3. The Morgan fingerprint density at radius 1 is 1.67 bits per heavy atom. The first-order valence-electron chi connectivity index (χ1n) is 3.87. The SMILES string of the molecule is Cn1cc(NCC(=O)O)c(C(F)(F)F)n1. The fourth-order valence-corrected chi connectivity index (χ4v) is 0.998. The van der Waals surface area contributed by atoms with Crippen LogP contribution in [0.25, 0.3) is 0 Å².